The highest BCUT2D eigenvalue weighted by molar-refractivity contribution is 7.81. The Labute approximate surface area is 244 Å². The first-order valence-electron chi connectivity index (χ1n) is 12.7. The molecule has 0 aliphatic heterocycles. The van der Waals surface area contributed by atoms with Crippen LogP contribution in [-0.2, 0) is 32.0 Å². The van der Waals surface area contributed by atoms with Crippen LogP contribution in [0.25, 0.3) is 0 Å². The Hall–Kier alpha value is -3.25. The number of hydrogen-bond acceptors (Lipinski definition) is 8. The number of phenolic OH excluding ortho intramolecular Hbond substituents is 1. The van der Waals surface area contributed by atoms with E-state index in [1.165, 1.54) is 11.3 Å². The molecule has 12 heteroatoms. The van der Waals surface area contributed by atoms with Gasteiger partial charge in [0, 0.05) is 22.5 Å². The monoisotopic (exact) mass is 593 g/mol. The van der Waals surface area contributed by atoms with Gasteiger partial charge in [-0.25, -0.2) is 9.59 Å². The molecule has 0 radical (unpaired) electrons. The summed E-state index contributed by atoms with van der Waals surface area (Å²) in [4.78, 5) is 52.3. The Morgan fingerprint density at radius 2 is 1.50 bits per heavy atom. The van der Waals surface area contributed by atoms with Gasteiger partial charge in [0.2, 0.25) is 11.8 Å². The normalized spacial score (nSPS) is 14.0. The number of aliphatic carboxylic acids is 1. The highest BCUT2D eigenvalue weighted by Gasteiger charge is 2.36. The molecule has 1 aromatic heterocycles. The molecule has 0 aliphatic rings. The van der Waals surface area contributed by atoms with Crippen LogP contribution in [0.15, 0.2) is 29.6 Å². The molecular weight excluding hydrogens is 554 g/mol. The van der Waals surface area contributed by atoms with Gasteiger partial charge in [0.25, 0.3) is 0 Å². The van der Waals surface area contributed by atoms with E-state index < -0.39 is 52.4 Å². The van der Waals surface area contributed by atoms with E-state index in [-0.39, 0.29) is 18.6 Å². The molecule has 0 fully saturated rings. The molecule has 0 saturated heterocycles. The number of benzene rings is 1. The number of thiophene rings is 1. The fourth-order valence-corrected chi connectivity index (χ4v) is 4.98. The third kappa shape index (κ3) is 10.1. The van der Waals surface area contributed by atoms with Gasteiger partial charge in [-0.05, 0) is 88.7 Å². The van der Waals surface area contributed by atoms with Crippen molar-refractivity contribution >= 4 is 47.8 Å². The maximum absolute atomic E-state index is 13.7. The van der Waals surface area contributed by atoms with Crippen LogP contribution in [-0.4, -0.2) is 62.6 Å². The zero-order valence-corrected chi connectivity index (χ0v) is 25.5. The lowest BCUT2D eigenvalue weighted by atomic mass is 9.95. The number of hydrogen-bond donors (Lipinski definition) is 6. The number of nitrogens with one attached hydrogen (secondary N) is 3. The molecule has 3 amide bonds. The number of rotatable bonds is 11. The molecule has 3 atom stereocenters. The summed E-state index contributed by atoms with van der Waals surface area (Å²) in [6.07, 6.45) is -0.660. The zero-order chi connectivity index (χ0) is 30.4. The molecule has 10 nitrogen and oxygen atoms in total. The molecule has 40 heavy (non-hydrogen) atoms. The van der Waals surface area contributed by atoms with Gasteiger partial charge in [0.15, 0.2) is 0 Å². The number of alkyl carbamates (subject to hydrolysis) is 1. The predicted octanol–water partition coefficient (Wildman–Crippen LogP) is 3.51. The minimum Gasteiger partial charge on any atom is -0.508 e. The van der Waals surface area contributed by atoms with Crippen LogP contribution in [0, 0.1) is 13.8 Å². The largest absolute Gasteiger partial charge is 0.508 e. The summed E-state index contributed by atoms with van der Waals surface area (Å²) in [5.41, 5.74) is 1.35. The molecular formula is C28H39N3O7S2. The lowest BCUT2D eigenvalue weighted by molar-refractivity contribution is -0.143. The van der Waals surface area contributed by atoms with E-state index in [0.29, 0.717) is 0 Å². The average Bonchev–Trinajstić information content (AvgIpc) is 3.29. The average molecular weight is 594 g/mol. The van der Waals surface area contributed by atoms with Gasteiger partial charge in [0.1, 0.15) is 29.5 Å². The van der Waals surface area contributed by atoms with Crippen molar-refractivity contribution in [3.63, 3.8) is 0 Å². The van der Waals surface area contributed by atoms with E-state index in [4.69, 9.17) is 4.74 Å². The van der Waals surface area contributed by atoms with Gasteiger partial charge in [-0.3, -0.25) is 9.59 Å². The second kappa shape index (κ2) is 13.4. The van der Waals surface area contributed by atoms with E-state index in [2.05, 4.69) is 28.6 Å². The number of carbonyl (C=O) groups excluding carboxylic acids is 3. The van der Waals surface area contributed by atoms with E-state index in [1.807, 2.05) is 5.38 Å². The Bertz CT molecular complexity index is 1190. The number of thiol groups is 1. The molecule has 0 bridgehead atoms. The molecule has 0 saturated carbocycles. The van der Waals surface area contributed by atoms with E-state index >= 15 is 0 Å². The highest BCUT2D eigenvalue weighted by atomic mass is 32.1. The molecule has 0 spiro atoms. The fourth-order valence-electron chi connectivity index (χ4n) is 4.05. The first kappa shape index (κ1) is 33.0. The lowest BCUT2D eigenvalue weighted by Gasteiger charge is -2.30. The van der Waals surface area contributed by atoms with Gasteiger partial charge in [-0.2, -0.15) is 12.6 Å². The van der Waals surface area contributed by atoms with Gasteiger partial charge in [0.05, 0.1) is 0 Å². The summed E-state index contributed by atoms with van der Waals surface area (Å²) < 4.78 is 4.28. The van der Waals surface area contributed by atoms with E-state index in [0.717, 1.165) is 21.6 Å². The number of carboxylic acids is 1. The summed E-state index contributed by atoms with van der Waals surface area (Å²) in [5, 5.41) is 29.2. The SMILES string of the molecule is Cc1cc(O)cc(C)c1C[C@H](NC(=O)OC(C)(C)C)C(=O)N[C@@H](Cc1cccs1)C(=O)N[C@@H](C(=O)O)C(C)(C)S. The molecule has 2 rings (SSSR count). The van der Waals surface area contributed by atoms with Crippen molar-refractivity contribution in [2.75, 3.05) is 0 Å². The Morgan fingerprint density at radius 1 is 0.950 bits per heavy atom. The van der Waals surface area contributed by atoms with Crippen molar-refractivity contribution in [1.82, 2.24) is 16.0 Å². The number of aryl methyl sites for hydroxylation is 2. The standard InChI is InChI=1S/C28H39N3O7S2/c1-15-11-17(32)12-16(2)19(15)14-21(30-26(37)38-27(3,4)5)23(33)29-20(13-18-9-8-10-40-18)24(34)31-22(25(35)36)28(6,7)39/h8-12,20-22,32,39H,13-14H2,1-7H3,(H,29,33)(H,30,37)(H,31,34)(H,35,36)/t20-,21-,22-/m0/s1. The third-order valence-corrected chi connectivity index (χ3v) is 7.11. The van der Waals surface area contributed by atoms with Crippen LogP contribution in [0.2, 0.25) is 0 Å². The van der Waals surface area contributed by atoms with Crippen molar-refractivity contribution < 1.29 is 34.1 Å². The number of phenols is 1. The van der Waals surface area contributed by atoms with Crippen LogP contribution in [0.4, 0.5) is 4.79 Å². The van der Waals surface area contributed by atoms with Crippen molar-refractivity contribution in [2.45, 2.75) is 89.8 Å². The third-order valence-electron chi connectivity index (χ3n) is 5.95. The second-order valence-corrected chi connectivity index (χ2v) is 13.4. The number of carbonyl (C=O) groups is 4. The van der Waals surface area contributed by atoms with E-state index in [9.17, 15) is 29.4 Å². The number of amides is 3. The first-order valence-corrected chi connectivity index (χ1v) is 14.1. The van der Waals surface area contributed by atoms with Crippen LogP contribution in [0.5, 0.6) is 5.75 Å². The molecule has 5 N–H and O–H groups in total. The van der Waals surface area contributed by atoms with Crippen molar-refractivity contribution in [2.24, 2.45) is 0 Å². The Kier molecular flexibility index (Phi) is 11.0. The molecule has 2 aromatic rings. The molecule has 1 heterocycles. The Balaban J connectivity index is 2.40. The zero-order valence-electron chi connectivity index (χ0n) is 23.8. The van der Waals surface area contributed by atoms with Gasteiger partial charge in [-0.1, -0.05) is 6.07 Å². The number of aromatic hydroxyl groups is 1. The number of ether oxygens (including phenoxy) is 1. The van der Waals surface area contributed by atoms with Crippen LogP contribution < -0.4 is 16.0 Å². The summed E-state index contributed by atoms with van der Waals surface area (Å²) in [6.45, 7) is 11.8. The van der Waals surface area contributed by atoms with Crippen LogP contribution >= 0.6 is 24.0 Å². The van der Waals surface area contributed by atoms with Crippen LogP contribution in [0.1, 0.15) is 56.2 Å². The topological polar surface area (TPSA) is 154 Å². The summed E-state index contributed by atoms with van der Waals surface area (Å²) in [6, 6.07) is 3.10. The minimum atomic E-state index is -1.33. The van der Waals surface area contributed by atoms with Crippen molar-refractivity contribution in [3.8, 4) is 5.75 Å². The molecule has 1 aromatic carbocycles. The quantitative estimate of drug-likeness (QED) is 0.218. The summed E-state index contributed by atoms with van der Waals surface area (Å²) in [5.74, 6) is -2.55. The minimum absolute atomic E-state index is 0.0534. The van der Waals surface area contributed by atoms with Crippen molar-refractivity contribution in [3.05, 3.63) is 51.2 Å². The molecule has 220 valence electrons. The number of carboxylic acid groups (broad SMARTS) is 1. The molecule has 0 unspecified atom stereocenters. The Morgan fingerprint density at radius 3 is 1.98 bits per heavy atom. The summed E-state index contributed by atoms with van der Waals surface area (Å²) in [7, 11) is 0. The maximum atomic E-state index is 13.7. The lowest BCUT2D eigenvalue weighted by Crippen LogP contribution is -2.59. The first-order chi connectivity index (χ1) is 18.4. The van der Waals surface area contributed by atoms with Crippen LogP contribution in [0.3, 0.4) is 0 Å². The fraction of sp³-hybridized carbons (Fsp3) is 0.500. The predicted molar refractivity (Wildman–Crippen MR) is 157 cm³/mol. The molecule has 0 aliphatic carbocycles. The van der Waals surface area contributed by atoms with Gasteiger partial charge in [-0.15, -0.1) is 11.3 Å². The van der Waals surface area contributed by atoms with Gasteiger partial charge >= 0.3 is 12.1 Å². The second-order valence-electron chi connectivity index (χ2n) is 11.2. The smallest absolute Gasteiger partial charge is 0.408 e. The highest BCUT2D eigenvalue weighted by Crippen LogP contribution is 2.23. The van der Waals surface area contributed by atoms with Crippen molar-refractivity contribution in [1.29, 1.82) is 0 Å². The summed E-state index contributed by atoms with van der Waals surface area (Å²) >= 11 is 5.70. The van der Waals surface area contributed by atoms with Gasteiger partial charge < -0.3 is 30.9 Å². The maximum Gasteiger partial charge on any atom is 0.408 e. The van der Waals surface area contributed by atoms with E-state index in [1.54, 1.807) is 72.7 Å².